The van der Waals surface area contributed by atoms with Crippen LogP contribution < -0.4 is 0 Å². The zero-order chi connectivity index (χ0) is 11.6. The van der Waals surface area contributed by atoms with Crippen LogP contribution >= 0.6 is 15.9 Å². The van der Waals surface area contributed by atoms with E-state index in [1.54, 1.807) is 12.1 Å². The Morgan fingerprint density at radius 2 is 2.12 bits per heavy atom. The maximum absolute atomic E-state index is 13.7. The molecular weight excluding hydrogens is 271 g/mol. The highest BCUT2D eigenvalue weighted by Crippen LogP contribution is 2.35. The molecule has 0 radical (unpaired) electrons. The Labute approximate surface area is 104 Å². The Morgan fingerprint density at radius 3 is 2.69 bits per heavy atom. The molecule has 1 nitrogen and oxygen atoms in total. The highest BCUT2D eigenvalue weighted by molar-refractivity contribution is 9.09. The molecule has 0 bridgehead atoms. The maximum atomic E-state index is 13.7. The van der Waals surface area contributed by atoms with Crippen LogP contribution in [0.15, 0.2) is 24.3 Å². The monoisotopic (exact) mass is 286 g/mol. The summed E-state index contributed by atoms with van der Waals surface area (Å²) in [5.41, 5.74) is 0.0704. The molecule has 88 valence electrons. The first kappa shape index (κ1) is 12.1. The first-order valence-electron chi connectivity index (χ1n) is 5.60. The molecule has 1 aromatic carbocycles. The molecule has 0 N–H and O–H groups in total. The molecule has 2 rings (SSSR count). The fourth-order valence-corrected chi connectivity index (χ4v) is 2.13. The number of hydrogen-bond donors (Lipinski definition) is 0. The number of rotatable bonds is 5. The number of alkyl halides is 1. The van der Waals surface area contributed by atoms with Gasteiger partial charge in [-0.05, 0) is 31.7 Å². The Hall–Kier alpha value is -0.410. The molecule has 1 aliphatic rings. The van der Waals surface area contributed by atoms with Crippen molar-refractivity contribution in [3.63, 3.8) is 0 Å². The van der Waals surface area contributed by atoms with Crippen molar-refractivity contribution in [3.05, 3.63) is 35.6 Å². The Kier molecular flexibility index (Phi) is 3.65. The van der Waals surface area contributed by atoms with Gasteiger partial charge in [0.15, 0.2) is 0 Å². The third kappa shape index (κ3) is 2.64. The van der Waals surface area contributed by atoms with Gasteiger partial charge in [-0.25, -0.2) is 4.39 Å². The first-order chi connectivity index (χ1) is 7.65. The van der Waals surface area contributed by atoms with Crippen LogP contribution in [0.1, 0.15) is 25.3 Å². The van der Waals surface area contributed by atoms with Gasteiger partial charge < -0.3 is 4.74 Å². The van der Waals surface area contributed by atoms with Gasteiger partial charge in [0.1, 0.15) is 11.4 Å². The van der Waals surface area contributed by atoms with Crippen LogP contribution in [0.25, 0.3) is 0 Å². The Balaban J connectivity index is 2.15. The van der Waals surface area contributed by atoms with Gasteiger partial charge >= 0.3 is 0 Å². The molecule has 16 heavy (non-hydrogen) atoms. The summed E-state index contributed by atoms with van der Waals surface area (Å²) < 4.78 is 19.6. The van der Waals surface area contributed by atoms with Crippen LogP contribution in [0.3, 0.4) is 0 Å². The average molecular weight is 287 g/mol. The van der Waals surface area contributed by atoms with Crippen molar-refractivity contribution in [2.24, 2.45) is 5.92 Å². The van der Waals surface area contributed by atoms with Gasteiger partial charge in [0.25, 0.3) is 0 Å². The zero-order valence-corrected chi connectivity index (χ0v) is 11.0. The largest absolute Gasteiger partial charge is 0.369 e. The second-order valence-electron chi connectivity index (χ2n) is 4.60. The van der Waals surface area contributed by atoms with E-state index in [9.17, 15) is 4.39 Å². The quantitative estimate of drug-likeness (QED) is 0.747. The van der Waals surface area contributed by atoms with Crippen LogP contribution in [0.4, 0.5) is 4.39 Å². The maximum Gasteiger partial charge on any atom is 0.129 e. The molecule has 1 aliphatic carbocycles. The molecule has 1 fully saturated rings. The molecule has 0 spiro atoms. The van der Waals surface area contributed by atoms with Gasteiger partial charge in [-0.2, -0.15) is 0 Å². The van der Waals surface area contributed by atoms with Crippen LogP contribution in [0.5, 0.6) is 0 Å². The fourth-order valence-electron chi connectivity index (χ4n) is 1.66. The normalized spacial score (nSPS) is 19.4. The molecule has 1 saturated carbocycles. The minimum absolute atomic E-state index is 0.194. The summed E-state index contributed by atoms with van der Waals surface area (Å²) >= 11 is 3.42. The third-order valence-corrected chi connectivity index (χ3v) is 4.10. The van der Waals surface area contributed by atoms with Crippen molar-refractivity contribution in [1.82, 2.24) is 0 Å². The van der Waals surface area contributed by atoms with E-state index in [0.717, 1.165) is 6.61 Å². The molecule has 3 heteroatoms. The molecule has 1 aromatic rings. The first-order valence-corrected chi connectivity index (χ1v) is 6.73. The minimum Gasteiger partial charge on any atom is -0.369 e. The summed E-state index contributed by atoms with van der Waals surface area (Å²) in [5, 5.41) is 0.605. The lowest BCUT2D eigenvalue weighted by Crippen LogP contribution is -2.30. The summed E-state index contributed by atoms with van der Waals surface area (Å²) in [5.74, 6) is 0.491. The van der Waals surface area contributed by atoms with Gasteiger partial charge in [0, 0.05) is 10.9 Å². The van der Waals surface area contributed by atoms with E-state index in [4.69, 9.17) is 4.74 Å². The zero-order valence-electron chi connectivity index (χ0n) is 9.38. The van der Waals surface area contributed by atoms with E-state index < -0.39 is 5.60 Å². The third-order valence-electron chi connectivity index (χ3n) is 3.03. The highest BCUT2D eigenvalue weighted by Gasteiger charge is 2.32. The van der Waals surface area contributed by atoms with Gasteiger partial charge in [0.2, 0.25) is 0 Å². The SMILES string of the molecule is CC(CBr)(OCC1CC1)c1ccccc1F. The summed E-state index contributed by atoms with van der Waals surface area (Å²) in [4.78, 5) is 0. The van der Waals surface area contributed by atoms with Crippen molar-refractivity contribution < 1.29 is 9.13 Å². The second-order valence-corrected chi connectivity index (χ2v) is 5.16. The smallest absolute Gasteiger partial charge is 0.129 e. The van der Waals surface area contributed by atoms with Gasteiger partial charge in [-0.1, -0.05) is 34.1 Å². The molecule has 1 atom stereocenters. The fraction of sp³-hybridized carbons (Fsp3) is 0.538. The van der Waals surface area contributed by atoms with Gasteiger partial charge in [0.05, 0.1) is 6.61 Å². The Bertz CT molecular complexity index is 365. The van der Waals surface area contributed by atoms with Crippen molar-refractivity contribution in [2.45, 2.75) is 25.4 Å². The predicted molar refractivity (Wildman–Crippen MR) is 66.2 cm³/mol. The van der Waals surface area contributed by atoms with Crippen molar-refractivity contribution in [3.8, 4) is 0 Å². The van der Waals surface area contributed by atoms with Crippen LogP contribution in [0, 0.1) is 11.7 Å². The predicted octanol–water partition coefficient (Wildman–Crippen LogP) is 3.86. The van der Waals surface area contributed by atoms with Crippen LogP contribution in [-0.2, 0) is 10.3 Å². The number of ether oxygens (including phenoxy) is 1. The van der Waals surface area contributed by atoms with E-state index in [1.807, 2.05) is 13.0 Å². The molecule has 0 amide bonds. The van der Waals surface area contributed by atoms with Crippen LogP contribution in [-0.4, -0.2) is 11.9 Å². The van der Waals surface area contributed by atoms with Crippen molar-refractivity contribution >= 4 is 15.9 Å². The van der Waals surface area contributed by atoms with E-state index in [-0.39, 0.29) is 5.82 Å². The van der Waals surface area contributed by atoms with E-state index >= 15 is 0 Å². The van der Waals surface area contributed by atoms with Crippen molar-refractivity contribution in [1.29, 1.82) is 0 Å². The topological polar surface area (TPSA) is 9.23 Å². The van der Waals surface area contributed by atoms with E-state index in [1.165, 1.54) is 18.9 Å². The van der Waals surface area contributed by atoms with Crippen molar-refractivity contribution in [2.75, 3.05) is 11.9 Å². The number of halogens is 2. The molecule has 0 heterocycles. The summed E-state index contributed by atoms with van der Waals surface area (Å²) in [6.45, 7) is 2.67. The lowest BCUT2D eigenvalue weighted by molar-refractivity contribution is -0.0248. The number of hydrogen-bond acceptors (Lipinski definition) is 1. The van der Waals surface area contributed by atoms with E-state index in [0.29, 0.717) is 16.8 Å². The highest BCUT2D eigenvalue weighted by atomic mass is 79.9. The molecular formula is C13H16BrFO. The van der Waals surface area contributed by atoms with Crippen LogP contribution in [0.2, 0.25) is 0 Å². The second kappa shape index (κ2) is 4.84. The number of benzene rings is 1. The minimum atomic E-state index is -0.562. The summed E-state index contributed by atoms with van der Waals surface area (Å²) in [6, 6.07) is 6.83. The van der Waals surface area contributed by atoms with Gasteiger partial charge in [-0.3, -0.25) is 0 Å². The Morgan fingerprint density at radius 1 is 1.44 bits per heavy atom. The summed E-state index contributed by atoms with van der Waals surface area (Å²) in [6.07, 6.45) is 2.49. The van der Waals surface area contributed by atoms with E-state index in [2.05, 4.69) is 15.9 Å². The molecule has 1 unspecified atom stereocenters. The summed E-state index contributed by atoms with van der Waals surface area (Å²) in [7, 11) is 0. The lowest BCUT2D eigenvalue weighted by atomic mass is 9.97. The van der Waals surface area contributed by atoms with Gasteiger partial charge in [-0.15, -0.1) is 0 Å². The molecule has 0 aliphatic heterocycles. The molecule has 0 saturated heterocycles. The standard InChI is InChI=1S/C13H16BrFO/c1-13(9-14,16-8-10-6-7-10)11-4-2-3-5-12(11)15/h2-5,10H,6-9H2,1H3. The molecule has 0 aromatic heterocycles. The average Bonchev–Trinajstić information content (AvgIpc) is 3.10. The lowest BCUT2D eigenvalue weighted by Gasteiger charge is -2.28.